The Morgan fingerprint density at radius 3 is 2.69 bits per heavy atom. The van der Waals surface area contributed by atoms with Gasteiger partial charge < -0.3 is 10.6 Å². The van der Waals surface area contributed by atoms with Crippen LogP contribution >= 0.6 is 11.6 Å². The highest BCUT2D eigenvalue weighted by Gasteiger charge is 2.06. The molecule has 0 aliphatic heterocycles. The summed E-state index contributed by atoms with van der Waals surface area (Å²) >= 11 is 6.14. The van der Waals surface area contributed by atoms with Crippen LogP contribution in [0.2, 0.25) is 5.02 Å². The molecule has 1 rings (SSSR count). The average molecular weight is 243 g/mol. The summed E-state index contributed by atoms with van der Waals surface area (Å²) in [6, 6.07) is 0. The number of rotatable bonds is 7. The minimum Gasteiger partial charge on any atom is -0.367 e. The zero-order valence-electron chi connectivity index (χ0n) is 9.89. The molecule has 0 spiro atoms. The molecule has 0 atom stereocenters. The Kier molecular flexibility index (Phi) is 6.11. The normalized spacial score (nSPS) is 10.4. The third kappa shape index (κ3) is 3.94. The van der Waals surface area contributed by atoms with Crippen molar-refractivity contribution in [1.82, 2.24) is 15.3 Å². The van der Waals surface area contributed by atoms with Gasteiger partial charge in [-0.05, 0) is 19.4 Å². The van der Waals surface area contributed by atoms with E-state index in [1.165, 1.54) is 0 Å². The molecular formula is C11H19ClN4. The van der Waals surface area contributed by atoms with E-state index in [0.717, 1.165) is 44.0 Å². The standard InChI is InChI=1S/C11H19ClN4/c1-3-5-13-6-7-14-11-10(12)9(4-2)15-8-16-11/h8,13H,3-7H2,1-2H3,(H,14,15,16). The molecular weight excluding hydrogens is 224 g/mol. The van der Waals surface area contributed by atoms with E-state index in [9.17, 15) is 0 Å². The summed E-state index contributed by atoms with van der Waals surface area (Å²) in [6.07, 6.45) is 3.52. The zero-order valence-corrected chi connectivity index (χ0v) is 10.6. The van der Waals surface area contributed by atoms with Crippen LogP contribution < -0.4 is 10.6 Å². The first-order chi connectivity index (χ1) is 7.79. The summed E-state index contributed by atoms with van der Waals surface area (Å²) in [5, 5.41) is 7.14. The Hall–Kier alpha value is -0.870. The van der Waals surface area contributed by atoms with Crippen LogP contribution in [-0.4, -0.2) is 29.6 Å². The van der Waals surface area contributed by atoms with Gasteiger partial charge in [-0.3, -0.25) is 0 Å². The summed E-state index contributed by atoms with van der Waals surface area (Å²) in [6.45, 7) is 6.95. The Balaban J connectivity index is 2.41. The lowest BCUT2D eigenvalue weighted by Crippen LogP contribution is -2.23. The number of hydrogen-bond donors (Lipinski definition) is 2. The molecule has 4 nitrogen and oxygen atoms in total. The fourth-order valence-electron chi connectivity index (χ4n) is 1.35. The first-order valence-electron chi connectivity index (χ1n) is 5.73. The molecule has 16 heavy (non-hydrogen) atoms. The predicted molar refractivity (Wildman–Crippen MR) is 68.1 cm³/mol. The minimum absolute atomic E-state index is 0.639. The highest BCUT2D eigenvalue weighted by atomic mass is 35.5. The molecule has 0 saturated carbocycles. The highest BCUT2D eigenvalue weighted by molar-refractivity contribution is 6.33. The maximum absolute atomic E-state index is 6.14. The van der Waals surface area contributed by atoms with E-state index < -0.39 is 0 Å². The van der Waals surface area contributed by atoms with E-state index in [1.54, 1.807) is 6.33 Å². The number of halogens is 1. The molecule has 1 aromatic heterocycles. The molecule has 0 unspecified atom stereocenters. The molecule has 5 heteroatoms. The number of hydrogen-bond acceptors (Lipinski definition) is 4. The van der Waals surface area contributed by atoms with Gasteiger partial charge in [0, 0.05) is 13.1 Å². The molecule has 1 heterocycles. The Bertz CT molecular complexity index is 317. The van der Waals surface area contributed by atoms with Crippen LogP contribution in [0.4, 0.5) is 5.82 Å². The molecule has 0 aliphatic rings. The number of nitrogens with one attached hydrogen (secondary N) is 2. The second-order valence-corrected chi connectivity index (χ2v) is 3.89. The Morgan fingerprint density at radius 1 is 1.19 bits per heavy atom. The number of aromatic nitrogens is 2. The predicted octanol–water partition coefficient (Wildman–Crippen LogP) is 2.10. The van der Waals surface area contributed by atoms with E-state index in [-0.39, 0.29) is 0 Å². The average Bonchev–Trinajstić information content (AvgIpc) is 2.31. The largest absolute Gasteiger partial charge is 0.367 e. The topological polar surface area (TPSA) is 49.8 Å². The van der Waals surface area contributed by atoms with E-state index >= 15 is 0 Å². The maximum Gasteiger partial charge on any atom is 0.148 e. The van der Waals surface area contributed by atoms with Gasteiger partial charge in [0.2, 0.25) is 0 Å². The van der Waals surface area contributed by atoms with Crippen molar-refractivity contribution in [3.05, 3.63) is 17.0 Å². The first-order valence-corrected chi connectivity index (χ1v) is 6.11. The van der Waals surface area contributed by atoms with E-state index in [0.29, 0.717) is 5.02 Å². The van der Waals surface area contributed by atoms with Crippen molar-refractivity contribution in [2.45, 2.75) is 26.7 Å². The summed E-state index contributed by atoms with van der Waals surface area (Å²) in [5.74, 6) is 0.729. The van der Waals surface area contributed by atoms with E-state index in [2.05, 4.69) is 27.5 Å². The molecule has 0 aromatic carbocycles. The zero-order chi connectivity index (χ0) is 11.8. The fraction of sp³-hybridized carbons (Fsp3) is 0.636. The second-order valence-electron chi connectivity index (χ2n) is 3.51. The lowest BCUT2D eigenvalue weighted by Gasteiger charge is -2.09. The Labute approximate surface area is 102 Å². The first kappa shape index (κ1) is 13.2. The van der Waals surface area contributed by atoms with Crippen molar-refractivity contribution in [2.75, 3.05) is 25.0 Å². The fourth-order valence-corrected chi connectivity index (χ4v) is 1.65. The molecule has 0 saturated heterocycles. The van der Waals surface area contributed by atoms with E-state index in [4.69, 9.17) is 11.6 Å². The van der Waals surface area contributed by atoms with Crippen LogP contribution in [-0.2, 0) is 6.42 Å². The smallest absolute Gasteiger partial charge is 0.148 e. The summed E-state index contributed by atoms with van der Waals surface area (Å²) in [7, 11) is 0. The van der Waals surface area contributed by atoms with E-state index in [1.807, 2.05) is 6.92 Å². The summed E-state index contributed by atoms with van der Waals surface area (Å²) < 4.78 is 0. The molecule has 0 bridgehead atoms. The van der Waals surface area contributed by atoms with Gasteiger partial charge in [0.05, 0.1) is 5.69 Å². The molecule has 0 radical (unpaired) electrons. The van der Waals surface area contributed by atoms with Gasteiger partial charge in [-0.15, -0.1) is 0 Å². The SMILES string of the molecule is CCCNCCNc1ncnc(CC)c1Cl. The molecule has 0 amide bonds. The lowest BCUT2D eigenvalue weighted by atomic mass is 10.3. The quantitative estimate of drug-likeness (QED) is 0.719. The third-order valence-electron chi connectivity index (χ3n) is 2.22. The third-order valence-corrected chi connectivity index (χ3v) is 2.61. The van der Waals surface area contributed by atoms with Crippen LogP contribution in [0.1, 0.15) is 26.0 Å². The Morgan fingerprint density at radius 2 is 2.00 bits per heavy atom. The van der Waals surface area contributed by atoms with Crippen LogP contribution in [0.25, 0.3) is 0 Å². The number of nitrogens with zero attached hydrogens (tertiary/aromatic N) is 2. The van der Waals surface area contributed by atoms with Crippen molar-refractivity contribution in [3.8, 4) is 0 Å². The van der Waals surface area contributed by atoms with Crippen LogP contribution in [0.5, 0.6) is 0 Å². The van der Waals surface area contributed by atoms with Gasteiger partial charge in [-0.2, -0.15) is 0 Å². The monoisotopic (exact) mass is 242 g/mol. The minimum atomic E-state index is 0.639. The van der Waals surface area contributed by atoms with Crippen molar-refractivity contribution >= 4 is 17.4 Å². The second kappa shape index (κ2) is 7.41. The van der Waals surface area contributed by atoms with Gasteiger partial charge in [-0.25, -0.2) is 9.97 Å². The highest BCUT2D eigenvalue weighted by Crippen LogP contribution is 2.21. The van der Waals surface area contributed by atoms with Gasteiger partial charge in [0.1, 0.15) is 17.2 Å². The van der Waals surface area contributed by atoms with Gasteiger partial charge in [0.15, 0.2) is 0 Å². The van der Waals surface area contributed by atoms with Crippen LogP contribution in [0, 0.1) is 0 Å². The molecule has 0 fully saturated rings. The summed E-state index contributed by atoms with van der Waals surface area (Å²) in [4.78, 5) is 8.24. The van der Waals surface area contributed by atoms with Crippen molar-refractivity contribution in [1.29, 1.82) is 0 Å². The molecule has 2 N–H and O–H groups in total. The number of anilines is 1. The van der Waals surface area contributed by atoms with Gasteiger partial charge in [0.25, 0.3) is 0 Å². The number of aryl methyl sites for hydroxylation is 1. The van der Waals surface area contributed by atoms with Crippen LogP contribution in [0.15, 0.2) is 6.33 Å². The van der Waals surface area contributed by atoms with Gasteiger partial charge in [-0.1, -0.05) is 25.4 Å². The molecule has 90 valence electrons. The maximum atomic E-state index is 6.14. The van der Waals surface area contributed by atoms with Crippen LogP contribution in [0.3, 0.4) is 0 Å². The molecule has 0 aliphatic carbocycles. The van der Waals surface area contributed by atoms with Crippen molar-refractivity contribution in [3.63, 3.8) is 0 Å². The van der Waals surface area contributed by atoms with Crippen molar-refractivity contribution < 1.29 is 0 Å². The lowest BCUT2D eigenvalue weighted by molar-refractivity contribution is 0.687. The van der Waals surface area contributed by atoms with Crippen molar-refractivity contribution in [2.24, 2.45) is 0 Å². The molecule has 1 aromatic rings. The summed E-state index contributed by atoms with van der Waals surface area (Å²) in [5.41, 5.74) is 0.890. The van der Waals surface area contributed by atoms with Gasteiger partial charge >= 0.3 is 0 Å².